The quantitative estimate of drug-likeness (QED) is 0.746. The first-order valence-corrected chi connectivity index (χ1v) is 7.60. The standard InChI is InChI=1S/C17H18BrNO/c1-2-3-4-13-7-10-17(20)16(11-13)19-12-14-5-8-15(18)9-6-14/h5-12,20H,2-4H2,1H3. The van der Waals surface area contributed by atoms with Gasteiger partial charge in [-0.1, -0.05) is 47.5 Å². The molecule has 0 aliphatic heterocycles. The van der Waals surface area contributed by atoms with Gasteiger partial charge in [-0.3, -0.25) is 4.99 Å². The van der Waals surface area contributed by atoms with E-state index in [1.165, 1.54) is 12.0 Å². The number of aromatic hydroxyl groups is 1. The third kappa shape index (κ3) is 4.20. The summed E-state index contributed by atoms with van der Waals surface area (Å²) in [6, 6.07) is 13.5. The fraction of sp³-hybridized carbons (Fsp3) is 0.235. The van der Waals surface area contributed by atoms with Crippen LogP contribution in [-0.2, 0) is 6.42 Å². The van der Waals surface area contributed by atoms with E-state index in [9.17, 15) is 5.11 Å². The molecule has 2 rings (SSSR count). The van der Waals surface area contributed by atoms with Crippen LogP contribution in [0.15, 0.2) is 51.9 Å². The Kier molecular flexibility index (Phi) is 5.36. The molecule has 2 aromatic carbocycles. The number of aliphatic imine (C=N–C) groups is 1. The van der Waals surface area contributed by atoms with Gasteiger partial charge in [0, 0.05) is 10.7 Å². The zero-order valence-electron chi connectivity index (χ0n) is 11.5. The van der Waals surface area contributed by atoms with E-state index in [0.29, 0.717) is 5.69 Å². The van der Waals surface area contributed by atoms with E-state index in [1.54, 1.807) is 12.3 Å². The van der Waals surface area contributed by atoms with Gasteiger partial charge in [0.05, 0.1) is 0 Å². The second-order valence-electron chi connectivity index (χ2n) is 4.74. The Hall–Kier alpha value is -1.61. The zero-order valence-corrected chi connectivity index (χ0v) is 13.1. The van der Waals surface area contributed by atoms with E-state index < -0.39 is 0 Å². The zero-order chi connectivity index (χ0) is 14.4. The summed E-state index contributed by atoms with van der Waals surface area (Å²) in [6.07, 6.45) is 5.11. The lowest BCUT2D eigenvalue weighted by Gasteiger charge is -2.04. The van der Waals surface area contributed by atoms with Gasteiger partial charge in [-0.15, -0.1) is 0 Å². The largest absolute Gasteiger partial charge is 0.506 e. The average Bonchev–Trinajstić information content (AvgIpc) is 2.46. The predicted octanol–water partition coefficient (Wildman–Crippen LogP) is 5.25. The van der Waals surface area contributed by atoms with Crippen LogP contribution < -0.4 is 0 Å². The smallest absolute Gasteiger partial charge is 0.141 e. The summed E-state index contributed by atoms with van der Waals surface area (Å²) in [6.45, 7) is 2.17. The van der Waals surface area contributed by atoms with Crippen molar-refractivity contribution in [2.75, 3.05) is 0 Å². The van der Waals surface area contributed by atoms with Crippen LogP contribution in [0.4, 0.5) is 5.69 Å². The molecule has 1 N–H and O–H groups in total. The first-order valence-electron chi connectivity index (χ1n) is 6.80. The molecule has 0 aliphatic carbocycles. The Morgan fingerprint density at radius 2 is 1.90 bits per heavy atom. The van der Waals surface area contributed by atoms with Gasteiger partial charge in [-0.2, -0.15) is 0 Å². The molecule has 0 bridgehead atoms. The Labute approximate surface area is 128 Å². The number of benzene rings is 2. The highest BCUT2D eigenvalue weighted by Crippen LogP contribution is 2.27. The summed E-state index contributed by atoms with van der Waals surface area (Å²) >= 11 is 3.40. The lowest BCUT2D eigenvalue weighted by Crippen LogP contribution is -1.85. The fourth-order valence-electron chi connectivity index (χ4n) is 1.90. The Morgan fingerprint density at radius 3 is 2.60 bits per heavy atom. The van der Waals surface area contributed by atoms with Crippen molar-refractivity contribution in [1.29, 1.82) is 0 Å². The van der Waals surface area contributed by atoms with Crippen molar-refractivity contribution in [3.8, 4) is 5.75 Å². The number of phenols is 1. The van der Waals surface area contributed by atoms with Gasteiger partial charge in [0.1, 0.15) is 11.4 Å². The van der Waals surface area contributed by atoms with E-state index in [2.05, 4.69) is 27.8 Å². The molecule has 3 heteroatoms. The Balaban J connectivity index is 2.17. The molecule has 0 unspecified atom stereocenters. The van der Waals surface area contributed by atoms with Gasteiger partial charge >= 0.3 is 0 Å². The Morgan fingerprint density at radius 1 is 1.15 bits per heavy atom. The predicted molar refractivity (Wildman–Crippen MR) is 88.1 cm³/mol. The molecule has 0 radical (unpaired) electrons. The summed E-state index contributed by atoms with van der Waals surface area (Å²) in [5, 5.41) is 9.86. The van der Waals surface area contributed by atoms with Gasteiger partial charge in [0.15, 0.2) is 0 Å². The highest BCUT2D eigenvalue weighted by atomic mass is 79.9. The first-order chi connectivity index (χ1) is 9.69. The number of aryl methyl sites for hydroxylation is 1. The van der Waals surface area contributed by atoms with Crippen LogP contribution in [-0.4, -0.2) is 11.3 Å². The summed E-state index contributed by atoms with van der Waals surface area (Å²) in [5.74, 6) is 0.221. The van der Waals surface area contributed by atoms with Crippen molar-refractivity contribution in [3.63, 3.8) is 0 Å². The van der Waals surface area contributed by atoms with Crippen molar-refractivity contribution < 1.29 is 5.11 Å². The molecule has 0 amide bonds. The minimum Gasteiger partial charge on any atom is -0.506 e. The van der Waals surface area contributed by atoms with Crippen LogP contribution >= 0.6 is 15.9 Å². The highest BCUT2D eigenvalue weighted by molar-refractivity contribution is 9.10. The number of hydrogen-bond acceptors (Lipinski definition) is 2. The van der Waals surface area contributed by atoms with Crippen molar-refractivity contribution in [2.45, 2.75) is 26.2 Å². The average molecular weight is 332 g/mol. The molecule has 0 fully saturated rings. The maximum Gasteiger partial charge on any atom is 0.141 e. The van der Waals surface area contributed by atoms with Crippen LogP contribution in [0.2, 0.25) is 0 Å². The number of nitrogens with zero attached hydrogens (tertiary/aromatic N) is 1. The molecule has 0 heterocycles. The number of rotatable bonds is 5. The topological polar surface area (TPSA) is 32.6 Å². The normalized spacial score (nSPS) is 11.1. The van der Waals surface area contributed by atoms with Gasteiger partial charge in [0.2, 0.25) is 0 Å². The van der Waals surface area contributed by atoms with Crippen LogP contribution in [0.3, 0.4) is 0 Å². The second kappa shape index (κ2) is 7.25. The lowest BCUT2D eigenvalue weighted by atomic mass is 10.1. The molecule has 0 aliphatic rings. The van der Waals surface area contributed by atoms with E-state index in [4.69, 9.17) is 0 Å². The van der Waals surface area contributed by atoms with Crippen molar-refractivity contribution in [2.24, 2.45) is 4.99 Å². The molecule has 2 aromatic rings. The molecule has 0 saturated carbocycles. The molecular weight excluding hydrogens is 314 g/mol. The third-order valence-corrected chi connectivity index (χ3v) is 3.61. The van der Waals surface area contributed by atoms with Crippen LogP contribution in [0.5, 0.6) is 5.75 Å². The summed E-state index contributed by atoms with van der Waals surface area (Å²) in [5.41, 5.74) is 2.85. The van der Waals surface area contributed by atoms with Gasteiger partial charge < -0.3 is 5.11 Å². The Bertz CT molecular complexity index is 590. The van der Waals surface area contributed by atoms with Crippen molar-refractivity contribution >= 4 is 27.8 Å². The molecule has 0 aromatic heterocycles. The molecular formula is C17H18BrNO. The number of hydrogen-bond donors (Lipinski definition) is 1. The lowest BCUT2D eigenvalue weighted by molar-refractivity contribution is 0.476. The second-order valence-corrected chi connectivity index (χ2v) is 5.65. The molecule has 20 heavy (non-hydrogen) atoms. The van der Waals surface area contributed by atoms with E-state index in [-0.39, 0.29) is 5.75 Å². The molecule has 0 atom stereocenters. The van der Waals surface area contributed by atoms with E-state index in [0.717, 1.165) is 22.9 Å². The number of phenolic OH excluding ortho intramolecular Hbond substituents is 1. The highest BCUT2D eigenvalue weighted by Gasteiger charge is 2.01. The third-order valence-electron chi connectivity index (χ3n) is 3.08. The minimum atomic E-state index is 0.221. The maximum atomic E-state index is 9.86. The van der Waals surface area contributed by atoms with Crippen LogP contribution in [0.1, 0.15) is 30.9 Å². The first kappa shape index (κ1) is 14.8. The summed E-state index contributed by atoms with van der Waals surface area (Å²) < 4.78 is 1.04. The molecule has 0 saturated heterocycles. The monoisotopic (exact) mass is 331 g/mol. The van der Waals surface area contributed by atoms with E-state index >= 15 is 0 Å². The summed E-state index contributed by atoms with van der Waals surface area (Å²) in [7, 11) is 0. The van der Waals surface area contributed by atoms with E-state index in [1.807, 2.05) is 36.4 Å². The van der Waals surface area contributed by atoms with Gasteiger partial charge in [-0.05, 0) is 48.2 Å². The SMILES string of the molecule is CCCCc1ccc(O)c(N=Cc2ccc(Br)cc2)c1. The van der Waals surface area contributed by atoms with Gasteiger partial charge in [-0.25, -0.2) is 0 Å². The molecule has 0 spiro atoms. The van der Waals surface area contributed by atoms with Gasteiger partial charge in [0.25, 0.3) is 0 Å². The fourth-order valence-corrected chi connectivity index (χ4v) is 2.17. The maximum absolute atomic E-state index is 9.86. The number of halogens is 1. The van der Waals surface area contributed by atoms with Crippen LogP contribution in [0.25, 0.3) is 0 Å². The minimum absolute atomic E-state index is 0.221. The van der Waals surface area contributed by atoms with Crippen molar-refractivity contribution in [1.82, 2.24) is 0 Å². The number of unbranched alkanes of at least 4 members (excludes halogenated alkanes) is 1. The molecule has 2 nitrogen and oxygen atoms in total. The molecule has 104 valence electrons. The van der Waals surface area contributed by atoms with Crippen LogP contribution in [0, 0.1) is 0 Å². The van der Waals surface area contributed by atoms with Crippen molar-refractivity contribution in [3.05, 3.63) is 58.1 Å². The summed E-state index contributed by atoms with van der Waals surface area (Å²) in [4.78, 5) is 4.38.